The molecule has 0 aromatic rings. The Morgan fingerprint density at radius 1 is 0.571 bits per heavy atom. The van der Waals surface area contributed by atoms with Crippen molar-refractivity contribution in [1.29, 1.82) is 0 Å². The molecule has 9 atom stereocenters. The summed E-state index contributed by atoms with van der Waals surface area (Å²) < 4.78 is 0. The van der Waals surface area contributed by atoms with Gasteiger partial charge in [-0.1, -0.05) is 48.0 Å². The first-order chi connectivity index (χ1) is 13.0. The second kappa shape index (κ2) is 5.80. The van der Waals surface area contributed by atoms with Gasteiger partial charge in [-0.25, -0.2) is 0 Å². The molecular weight excluding hydrogens is 340 g/mol. The summed E-state index contributed by atoms with van der Waals surface area (Å²) in [6.07, 6.45) is 15.1. The van der Waals surface area contributed by atoms with Gasteiger partial charge in [0, 0.05) is 0 Å². The second-order valence-corrected chi connectivity index (χ2v) is 13.7. The average Bonchev–Trinajstić information content (AvgIpc) is 2.90. The van der Waals surface area contributed by atoms with Crippen LogP contribution in [-0.2, 0) is 0 Å². The molecule has 0 aromatic carbocycles. The number of aliphatic hydroxyl groups is 1. The summed E-state index contributed by atoms with van der Waals surface area (Å²) in [6.45, 7) is 15.9. The second-order valence-electron chi connectivity index (χ2n) is 13.7. The van der Waals surface area contributed by atoms with E-state index < -0.39 is 0 Å². The van der Waals surface area contributed by atoms with E-state index in [0.717, 1.165) is 24.2 Å². The molecule has 0 amide bonds. The molecule has 0 heterocycles. The van der Waals surface area contributed by atoms with Gasteiger partial charge in [-0.05, 0) is 115 Å². The van der Waals surface area contributed by atoms with Crippen molar-refractivity contribution in [2.45, 2.75) is 118 Å². The Balaban J connectivity index is 1.55. The summed E-state index contributed by atoms with van der Waals surface area (Å²) in [4.78, 5) is 0. The van der Waals surface area contributed by atoms with Crippen molar-refractivity contribution in [3.05, 3.63) is 0 Å². The highest BCUT2D eigenvalue weighted by atomic mass is 16.3. The van der Waals surface area contributed by atoms with Crippen LogP contribution in [0.2, 0.25) is 0 Å². The standard InChI is InChI=1S/C27H46O/c1-23(2)13-7-14-25(4)20(23)12-17-27(6)22(25)9-8-21-24(3)15-11-19(28)18(24)10-16-26(21,27)5/h18-22,28H,7-17H2,1-6H3/t18-,19+,20-,21+,22+,24-,25-,26+,27+/m0/s1. The first-order valence-corrected chi connectivity index (χ1v) is 12.7. The molecule has 28 heavy (non-hydrogen) atoms. The number of hydrogen-bond acceptors (Lipinski definition) is 1. The van der Waals surface area contributed by atoms with Crippen molar-refractivity contribution < 1.29 is 5.11 Å². The van der Waals surface area contributed by atoms with Crippen molar-refractivity contribution >= 4 is 0 Å². The maximum atomic E-state index is 10.7. The number of hydrogen-bond donors (Lipinski definition) is 1. The fourth-order valence-corrected chi connectivity index (χ4v) is 11.2. The Kier molecular flexibility index (Phi) is 4.12. The Hall–Kier alpha value is -0.0400. The van der Waals surface area contributed by atoms with Gasteiger partial charge in [0.1, 0.15) is 0 Å². The molecule has 1 N–H and O–H groups in total. The monoisotopic (exact) mass is 386 g/mol. The highest BCUT2D eigenvalue weighted by Crippen LogP contribution is 2.77. The highest BCUT2D eigenvalue weighted by molar-refractivity contribution is 5.18. The van der Waals surface area contributed by atoms with Crippen molar-refractivity contribution in [3.8, 4) is 0 Å². The van der Waals surface area contributed by atoms with Crippen LogP contribution in [0, 0.1) is 50.7 Å². The summed E-state index contributed by atoms with van der Waals surface area (Å²) in [7, 11) is 0. The third kappa shape index (κ3) is 2.19. The highest BCUT2D eigenvalue weighted by Gasteiger charge is 2.70. The molecule has 0 saturated heterocycles. The van der Waals surface area contributed by atoms with Crippen LogP contribution in [0.3, 0.4) is 0 Å². The fourth-order valence-electron chi connectivity index (χ4n) is 11.2. The predicted molar refractivity (Wildman–Crippen MR) is 117 cm³/mol. The number of fused-ring (bicyclic) bond motifs is 7. The van der Waals surface area contributed by atoms with Crippen molar-refractivity contribution in [1.82, 2.24) is 0 Å². The van der Waals surface area contributed by atoms with Crippen LogP contribution < -0.4 is 0 Å². The van der Waals surface area contributed by atoms with Crippen molar-refractivity contribution in [3.63, 3.8) is 0 Å². The van der Waals surface area contributed by atoms with Crippen LogP contribution in [0.4, 0.5) is 0 Å². The van der Waals surface area contributed by atoms with E-state index in [0.29, 0.717) is 33.0 Å². The molecule has 0 radical (unpaired) electrons. The van der Waals surface area contributed by atoms with E-state index in [-0.39, 0.29) is 6.10 Å². The Morgan fingerprint density at radius 3 is 1.86 bits per heavy atom. The topological polar surface area (TPSA) is 20.2 Å². The van der Waals surface area contributed by atoms with Gasteiger partial charge in [-0.15, -0.1) is 0 Å². The lowest BCUT2D eigenvalue weighted by molar-refractivity contribution is -0.242. The van der Waals surface area contributed by atoms with Gasteiger partial charge in [0.25, 0.3) is 0 Å². The smallest absolute Gasteiger partial charge is 0.0573 e. The molecule has 5 aliphatic carbocycles. The first kappa shape index (κ1) is 19.9. The zero-order valence-electron chi connectivity index (χ0n) is 19.6. The van der Waals surface area contributed by atoms with Crippen LogP contribution in [0.5, 0.6) is 0 Å². The van der Waals surface area contributed by atoms with Gasteiger partial charge in [-0.2, -0.15) is 0 Å². The van der Waals surface area contributed by atoms with Crippen LogP contribution in [-0.4, -0.2) is 11.2 Å². The summed E-state index contributed by atoms with van der Waals surface area (Å²) in [6, 6.07) is 0. The van der Waals surface area contributed by atoms with E-state index in [4.69, 9.17) is 0 Å². The Labute approximate surface area is 174 Å². The van der Waals surface area contributed by atoms with E-state index in [2.05, 4.69) is 41.5 Å². The Bertz CT molecular complexity index is 653. The SMILES string of the molecule is CC1(C)CCC[C@]2(C)[C@H]3CC[C@@H]4[C@@]5(C)CC[C@@H](O)[C@@H]5CC[C@@]4(C)[C@]3(C)CC[C@@H]12. The van der Waals surface area contributed by atoms with Gasteiger partial charge in [-0.3, -0.25) is 0 Å². The molecule has 5 rings (SSSR count). The minimum atomic E-state index is -0.0209. The van der Waals surface area contributed by atoms with E-state index in [1.807, 2.05) is 0 Å². The van der Waals surface area contributed by atoms with E-state index in [1.165, 1.54) is 64.2 Å². The normalized spacial score (nSPS) is 60.3. The number of rotatable bonds is 0. The van der Waals surface area contributed by atoms with Gasteiger partial charge in [0.15, 0.2) is 0 Å². The third-order valence-electron chi connectivity index (χ3n) is 12.7. The summed E-state index contributed by atoms with van der Waals surface area (Å²) in [5.41, 5.74) is 2.45. The van der Waals surface area contributed by atoms with Crippen LogP contribution >= 0.6 is 0 Å². The predicted octanol–water partition coefficient (Wildman–Crippen LogP) is 7.22. The van der Waals surface area contributed by atoms with Gasteiger partial charge in [0.05, 0.1) is 6.10 Å². The molecule has 1 nitrogen and oxygen atoms in total. The first-order valence-electron chi connectivity index (χ1n) is 12.7. The zero-order valence-corrected chi connectivity index (χ0v) is 19.6. The van der Waals surface area contributed by atoms with Crippen molar-refractivity contribution in [2.24, 2.45) is 50.7 Å². The molecule has 0 bridgehead atoms. The molecule has 0 spiro atoms. The molecular formula is C27H46O. The van der Waals surface area contributed by atoms with E-state index in [1.54, 1.807) is 0 Å². The van der Waals surface area contributed by atoms with Gasteiger partial charge >= 0.3 is 0 Å². The maximum absolute atomic E-state index is 10.7. The Morgan fingerprint density at radius 2 is 1.18 bits per heavy atom. The lowest BCUT2D eigenvalue weighted by atomic mass is 9.32. The third-order valence-corrected chi connectivity index (χ3v) is 12.7. The molecule has 5 saturated carbocycles. The molecule has 0 aromatic heterocycles. The average molecular weight is 387 g/mol. The summed E-state index contributed by atoms with van der Waals surface area (Å²) >= 11 is 0. The lowest BCUT2D eigenvalue weighted by Crippen LogP contribution is -2.65. The molecule has 160 valence electrons. The van der Waals surface area contributed by atoms with Crippen LogP contribution in [0.25, 0.3) is 0 Å². The minimum Gasteiger partial charge on any atom is -0.393 e. The molecule has 0 unspecified atom stereocenters. The van der Waals surface area contributed by atoms with E-state index in [9.17, 15) is 5.11 Å². The zero-order chi connectivity index (χ0) is 20.2. The largest absolute Gasteiger partial charge is 0.393 e. The van der Waals surface area contributed by atoms with Crippen LogP contribution in [0.15, 0.2) is 0 Å². The fraction of sp³-hybridized carbons (Fsp3) is 1.00. The van der Waals surface area contributed by atoms with Gasteiger partial charge < -0.3 is 5.11 Å². The van der Waals surface area contributed by atoms with E-state index >= 15 is 0 Å². The van der Waals surface area contributed by atoms with Crippen molar-refractivity contribution in [2.75, 3.05) is 0 Å². The molecule has 0 aliphatic heterocycles. The maximum Gasteiger partial charge on any atom is 0.0573 e. The lowest BCUT2D eigenvalue weighted by Gasteiger charge is -2.73. The molecule has 5 fully saturated rings. The minimum absolute atomic E-state index is 0.0209. The molecule has 1 heteroatoms. The number of aliphatic hydroxyl groups excluding tert-OH is 1. The molecule has 5 aliphatic rings. The van der Waals surface area contributed by atoms with Crippen LogP contribution in [0.1, 0.15) is 112 Å². The van der Waals surface area contributed by atoms with Gasteiger partial charge in [0.2, 0.25) is 0 Å². The summed E-state index contributed by atoms with van der Waals surface area (Å²) in [5, 5.41) is 10.7. The quantitative estimate of drug-likeness (QED) is 0.466. The summed E-state index contributed by atoms with van der Waals surface area (Å²) in [5.74, 6) is 3.23.